The summed E-state index contributed by atoms with van der Waals surface area (Å²) in [5.74, 6) is -1.12. The van der Waals surface area contributed by atoms with Gasteiger partial charge in [0.25, 0.3) is 17.8 Å². The van der Waals surface area contributed by atoms with Crippen LogP contribution in [0.4, 0.5) is 17.8 Å². The highest BCUT2D eigenvalue weighted by Crippen LogP contribution is 2.14. The van der Waals surface area contributed by atoms with Gasteiger partial charge in [0.05, 0.1) is 0 Å². The summed E-state index contributed by atoms with van der Waals surface area (Å²) < 4.78 is 0. The van der Waals surface area contributed by atoms with Crippen molar-refractivity contribution in [2.45, 2.75) is 0 Å². The van der Waals surface area contributed by atoms with E-state index in [4.69, 9.17) is 0 Å². The molecule has 0 unspecified atom stereocenters. The van der Waals surface area contributed by atoms with Crippen LogP contribution in [0, 0.1) is 0 Å². The quantitative estimate of drug-likeness (QED) is 0.494. The Morgan fingerprint density at radius 2 is 0.933 bits per heavy atom. The molecule has 0 saturated carbocycles. The third-order valence-electron chi connectivity index (χ3n) is 1.04. The first-order valence-electron chi connectivity index (χ1n) is 3.30. The topological polar surface area (TPSA) is 127 Å². The molecule has 1 aromatic heterocycles. The largest absolute Gasteiger partial charge is 0.267 e. The Morgan fingerprint density at radius 1 is 0.667 bits per heavy atom. The maximum atomic E-state index is 9.90. The average molecular weight is 204 g/mol. The zero-order chi connectivity index (χ0) is 11.1. The van der Waals surface area contributed by atoms with Gasteiger partial charge in [-0.25, -0.2) is 14.4 Å². The van der Waals surface area contributed by atoms with E-state index in [9.17, 15) is 14.4 Å². The first-order chi connectivity index (χ1) is 7.30. The fourth-order valence-electron chi connectivity index (χ4n) is 0.616. The molecule has 1 aromatic rings. The van der Waals surface area contributed by atoms with Crippen LogP contribution in [0.2, 0.25) is 0 Å². The number of aliphatic imine (C=N–C) groups is 3. The minimum Gasteiger partial charge on any atom is -0.211 e. The highest BCUT2D eigenvalue weighted by molar-refractivity contribution is 5.49. The number of hydrogen-bond acceptors (Lipinski definition) is 9. The van der Waals surface area contributed by atoms with E-state index in [0.29, 0.717) is 0 Å². The third-order valence-corrected chi connectivity index (χ3v) is 1.04. The van der Waals surface area contributed by atoms with E-state index in [-0.39, 0.29) is 17.8 Å². The number of rotatable bonds is 3. The first kappa shape index (κ1) is 10.2. The lowest BCUT2D eigenvalue weighted by Crippen LogP contribution is -1.87. The highest BCUT2D eigenvalue weighted by Gasteiger charge is 2.03. The van der Waals surface area contributed by atoms with Gasteiger partial charge in [0, 0.05) is 0 Å². The SMILES string of the molecule is O=C=Nc1nc(N=C=O)nc(N=C=O)n1. The number of hydrogen-bond donors (Lipinski definition) is 0. The van der Waals surface area contributed by atoms with Gasteiger partial charge in [-0.2, -0.15) is 15.0 Å². The summed E-state index contributed by atoms with van der Waals surface area (Å²) in [5, 5.41) is 0. The molecule has 0 aromatic carbocycles. The molecule has 1 heterocycles. The van der Waals surface area contributed by atoms with E-state index in [1.807, 2.05) is 0 Å². The Hall–Kier alpha value is -2.85. The van der Waals surface area contributed by atoms with Crippen LogP contribution in [0.3, 0.4) is 0 Å². The smallest absolute Gasteiger partial charge is 0.211 e. The van der Waals surface area contributed by atoms with Crippen LogP contribution >= 0.6 is 0 Å². The maximum absolute atomic E-state index is 9.90. The lowest BCUT2D eigenvalue weighted by Gasteiger charge is -1.92. The molecule has 0 fully saturated rings. The molecule has 0 saturated heterocycles. The summed E-state index contributed by atoms with van der Waals surface area (Å²) in [4.78, 5) is 49.1. The molecule has 9 heteroatoms. The number of isocyanates is 3. The fraction of sp³-hybridized carbons (Fsp3) is 0. The van der Waals surface area contributed by atoms with Gasteiger partial charge in [-0.1, -0.05) is 0 Å². The van der Waals surface area contributed by atoms with Crippen molar-refractivity contribution in [2.75, 3.05) is 0 Å². The van der Waals surface area contributed by atoms with Gasteiger partial charge >= 0.3 is 0 Å². The van der Waals surface area contributed by atoms with Crippen molar-refractivity contribution in [3.63, 3.8) is 0 Å². The van der Waals surface area contributed by atoms with Crippen LogP contribution in [0.1, 0.15) is 0 Å². The van der Waals surface area contributed by atoms with Crippen molar-refractivity contribution in [3.05, 3.63) is 0 Å². The predicted molar refractivity (Wildman–Crippen MR) is 43.2 cm³/mol. The molecule has 15 heavy (non-hydrogen) atoms. The highest BCUT2D eigenvalue weighted by atomic mass is 16.1. The molecule has 0 amide bonds. The van der Waals surface area contributed by atoms with E-state index in [2.05, 4.69) is 29.9 Å². The number of aromatic nitrogens is 3. The standard InChI is InChI=1S/C6N6O3/c13-1-7-4-10-5(8-2-14)12-6(11-4)9-3-15. The van der Waals surface area contributed by atoms with Crippen molar-refractivity contribution >= 4 is 36.1 Å². The summed E-state index contributed by atoms with van der Waals surface area (Å²) in [6.45, 7) is 0. The van der Waals surface area contributed by atoms with Gasteiger partial charge < -0.3 is 0 Å². The zero-order valence-electron chi connectivity index (χ0n) is 6.91. The van der Waals surface area contributed by atoms with E-state index in [0.717, 1.165) is 18.2 Å². The fourth-order valence-corrected chi connectivity index (χ4v) is 0.616. The minimum absolute atomic E-state index is 0.372. The van der Waals surface area contributed by atoms with E-state index in [1.165, 1.54) is 0 Å². The van der Waals surface area contributed by atoms with Crippen LogP contribution in [-0.4, -0.2) is 33.2 Å². The summed E-state index contributed by atoms with van der Waals surface area (Å²) in [7, 11) is 0. The molecule has 0 atom stereocenters. The van der Waals surface area contributed by atoms with Crippen molar-refractivity contribution in [2.24, 2.45) is 15.0 Å². The van der Waals surface area contributed by atoms with Crippen LogP contribution in [0.15, 0.2) is 15.0 Å². The third kappa shape index (κ3) is 2.83. The molecular formula is C6N6O3. The number of carbonyl (C=O) groups excluding carboxylic acids is 3. The van der Waals surface area contributed by atoms with Crippen molar-refractivity contribution in [1.29, 1.82) is 0 Å². The second-order valence-corrected chi connectivity index (χ2v) is 1.84. The summed E-state index contributed by atoms with van der Waals surface area (Å²) in [6.07, 6.45) is 3.49. The maximum Gasteiger partial charge on any atom is 0.267 e. The molecule has 0 N–H and O–H groups in total. The Morgan fingerprint density at radius 3 is 1.13 bits per heavy atom. The molecule has 0 aliphatic carbocycles. The Kier molecular flexibility index (Phi) is 3.41. The molecule has 0 aliphatic rings. The van der Waals surface area contributed by atoms with Gasteiger partial charge in [-0.05, 0) is 0 Å². The molecule has 0 aliphatic heterocycles. The molecule has 72 valence electrons. The molecule has 0 radical (unpaired) electrons. The molecule has 0 bridgehead atoms. The van der Waals surface area contributed by atoms with Gasteiger partial charge in [0.2, 0.25) is 18.2 Å². The molecule has 1 rings (SSSR count). The van der Waals surface area contributed by atoms with Crippen LogP contribution in [0.5, 0.6) is 0 Å². The first-order valence-corrected chi connectivity index (χ1v) is 3.30. The summed E-state index contributed by atoms with van der Waals surface area (Å²) in [5.41, 5.74) is 0. The molecule has 9 nitrogen and oxygen atoms in total. The monoisotopic (exact) mass is 204 g/mol. The van der Waals surface area contributed by atoms with Crippen molar-refractivity contribution in [3.8, 4) is 0 Å². The average Bonchev–Trinajstić information content (AvgIpc) is 2.19. The summed E-state index contributed by atoms with van der Waals surface area (Å²) >= 11 is 0. The normalized spacial score (nSPS) is 8.00. The van der Waals surface area contributed by atoms with Crippen molar-refractivity contribution in [1.82, 2.24) is 15.0 Å². The van der Waals surface area contributed by atoms with Gasteiger partial charge in [-0.3, -0.25) is 0 Å². The second kappa shape index (κ2) is 5.00. The molecular weight excluding hydrogens is 204 g/mol. The van der Waals surface area contributed by atoms with Gasteiger partial charge in [-0.15, -0.1) is 15.0 Å². The van der Waals surface area contributed by atoms with Crippen LogP contribution in [0.25, 0.3) is 0 Å². The van der Waals surface area contributed by atoms with Gasteiger partial charge in [0.1, 0.15) is 0 Å². The van der Waals surface area contributed by atoms with Crippen LogP contribution in [-0.2, 0) is 14.4 Å². The van der Waals surface area contributed by atoms with E-state index >= 15 is 0 Å². The summed E-state index contributed by atoms with van der Waals surface area (Å²) in [6, 6.07) is 0. The predicted octanol–water partition coefficient (Wildman–Crippen LogP) is -0.227. The minimum atomic E-state index is -0.372. The Balaban J connectivity index is 3.36. The van der Waals surface area contributed by atoms with E-state index in [1.54, 1.807) is 0 Å². The zero-order valence-corrected chi connectivity index (χ0v) is 6.91. The van der Waals surface area contributed by atoms with E-state index < -0.39 is 0 Å². The lowest BCUT2D eigenvalue weighted by molar-refractivity contribution is 0.564. The Labute approximate surface area is 81.4 Å². The Bertz CT molecular complexity index is 433. The number of nitrogens with zero attached hydrogens (tertiary/aromatic N) is 6. The lowest BCUT2D eigenvalue weighted by atomic mass is 10.8. The van der Waals surface area contributed by atoms with Crippen molar-refractivity contribution < 1.29 is 14.4 Å². The molecule has 0 spiro atoms. The van der Waals surface area contributed by atoms with Crippen LogP contribution < -0.4 is 0 Å². The van der Waals surface area contributed by atoms with Gasteiger partial charge in [0.15, 0.2) is 0 Å². The second-order valence-electron chi connectivity index (χ2n) is 1.84.